The van der Waals surface area contributed by atoms with Crippen molar-refractivity contribution < 1.29 is 4.74 Å². The van der Waals surface area contributed by atoms with Crippen molar-refractivity contribution >= 4 is 11.8 Å². The average molecular weight is 328 g/mol. The van der Waals surface area contributed by atoms with Crippen LogP contribution in [0.2, 0.25) is 0 Å². The molecule has 0 bridgehead atoms. The summed E-state index contributed by atoms with van der Waals surface area (Å²) in [4.78, 5) is 8.89. The molecule has 2 heterocycles. The molecule has 1 aromatic rings. The van der Waals surface area contributed by atoms with Crippen molar-refractivity contribution in [1.82, 2.24) is 9.88 Å². The van der Waals surface area contributed by atoms with E-state index in [1.807, 2.05) is 0 Å². The van der Waals surface area contributed by atoms with Gasteiger partial charge >= 0.3 is 0 Å². The summed E-state index contributed by atoms with van der Waals surface area (Å²) in [6, 6.07) is 4.29. The number of allylic oxidation sites excluding steroid dienone is 1. The number of ether oxygens (including phenoxy) is 1. The smallest absolute Gasteiger partial charge is 0.163 e. The Kier molecular flexibility index (Phi) is 5.98. The van der Waals surface area contributed by atoms with E-state index >= 15 is 0 Å². The van der Waals surface area contributed by atoms with E-state index in [4.69, 9.17) is 4.74 Å². The second-order valence-corrected chi connectivity index (χ2v) is 7.46. The van der Waals surface area contributed by atoms with Gasteiger partial charge in [-0.1, -0.05) is 11.6 Å². The molecule has 0 N–H and O–H groups in total. The van der Waals surface area contributed by atoms with E-state index in [0.29, 0.717) is 12.4 Å². The van der Waals surface area contributed by atoms with Crippen LogP contribution in [0.25, 0.3) is 6.08 Å². The van der Waals surface area contributed by atoms with Gasteiger partial charge in [0, 0.05) is 32.4 Å². The second kappa shape index (κ2) is 7.78. The molecule has 0 unspecified atom stereocenters. The number of pyridine rings is 1. The molecule has 1 aliphatic heterocycles. The highest BCUT2D eigenvalue weighted by Gasteiger charge is 2.21. The molecule has 0 aromatic carbocycles. The first-order valence-electron chi connectivity index (χ1n) is 8.45. The van der Waals surface area contributed by atoms with E-state index < -0.39 is 0 Å². The summed E-state index contributed by atoms with van der Waals surface area (Å²) in [5, 5.41) is 9.36. The monoisotopic (exact) mass is 328 g/mol. The van der Waals surface area contributed by atoms with Gasteiger partial charge in [0.25, 0.3) is 0 Å². The maximum atomic E-state index is 9.36. The minimum Gasteiger partial charge on any atom is -0.367 e. The fourth-order valence-corrected chi connectivity index (χ4v) is 2.61. The van der Waals surface area contributed by atoms with E-state index in [2.05, 4.69) is 67.6 Å². The van der Waals surface area contributed by atoms with Crippen LogP contribution in [0, 0.1) is 11.3 Å². The Morgan fingerprint density at radius 1 is 1.29 bits per heavy atom. The standard InChI is InChI=1S/C19H28N4O/c1-15(2)10-16-11-18(17(12-20)21-13-16)23-8-6-22(7-9-23)14-24-19(3,4)5/h10-11,13H,6-9,14H2,1-5H3. The number of nitriles is 1. The van der Waals surface area contributed by atoms with Crippen molar-refractivity contribution in [3.63, 3.8) is 0 Å². The summed E-state index contributed by atoms with van der Waals surface area (Å²) in [7, 11) is 0. The molecule has 0 atom stereocenters. The number of rotatable bonds is 4. The SMILES string of the molecule is CC(C)=Cc1cnc(C#N)c(N2CCN(COC(C)(C)C)CC2)c1. The van der Waals surface area contributed by atoms with Gasteiger partial charge in [-0.2, -0.15) is 5.26 Å². The van der Waals surface area contributed by atoms with Gasteiger partial charge < -0.3 is 9.64 Å². The van der Waals surface area contributed by atoms with E-state index in [0.717, 1.165) is 37.4 Å². The highest BCUT2D eigenvalue weighted by Crippen LogP contribution is 2.23. The highest BCUT2D eigenvalue weighted by atomic mass is 16.5. The van der Waals surface area contributed by atoms with Crippen LogP contribution in [0.15, 0.2) is 17.8 Å². The number of hydrogen-bond acceptors (Lipinski definition) is 5. The van der Waals surface area contributed by atoms with E-state index in [1.165, 1.54) is 5.57 Å². The molecule has 0 aliphatic carbocycles. The molecule has 5 heteroatoms. The summed E-state index contributed by atoms with van der Waals surface area (Å²) >= 11 is 0. The lowest BCUT2D eigenvalue weighted by Crippen LogP contribution is -2.48. The number of hydrogen-bond donors (Lipinski definition) is 0. The molecule has 0 radical (unpaired) electrons. The van der Waals surface area contributed by atoms with Gasteiger partial charge in [-0.3, -0.25) is 4.90 Å². The summed E-state index contributed by atoms with van der Waals surface area (Å²) in [5.41, 5.74) is 3.58. The third-order valence-corrected chi connectivity index (χ3v) is 3.84. The van der Waals surface area contributed by atoms with Crippen molar-refractivity contribution in [2.75, 3.05) is 37.8 Å². The number of aromatic nitrogens is 1. The summed E-state index contributed by atoms with van der Waals surface area (Å²) in [6.45, 7) is 14.6. The van der Waals surface area contributed by atoms with Crippen LogP contribution >= 0.6 is 0 Å². The Balaban J connectivity index is 2.05. The summed E-state index contributed by atoms with van der Waals surface area (Å²) in [6.07, 6.45) is 3.85. The van der Waals surface area contributed by atoms with Crippen LogP contribution in [0.4, 0.5) is 5.69 Å². The Labute approximate surface area is 145 Å². The van der Waals surface area contributed by atoms with Crippen molar-refractivity contribution in [3.8, 4) is 6.07 Å². The normalized spacial score (nSPS) is 15.9. The van der Waals surface area contributed by atoms with E-state index in [1.54, 1.807) is 6.20 Å². The molecule has 5 nitrogen and oxygen atoms in total. The first-order valence-corrected chi connectivity index (χ1v) is 8.45. The Morgan fingerprint density at radius 3 is 2.50 bits per heavy atom. The lowest BCUT2D eigenvalue weighted by molar-refractivity contribution is -0.0644. The molecule has 2 rings (SSSR count). The van der Waals surface area contributed by atoms with Crippen LogP contribution in [-0.4, -0.2) is 48.4 Å². The van der Waals surface area contributed by atoms with Gasteiger partial charge in [0.15, 0.2) is 5.69 Å². The molecule has 1 saturated heterocycles. The number of anilines is 1. The molecular weight excluding hydrogens is 300 g/mol. The fourth-order valence-electron chi connectivity index (χ4n) is 2.61. The van der Waals surface area contributed by atoms with Crippen LogP contribution in [0.5, 0.6) is 0 Å². The zero-order chi connectivity index (χ0) is 17.7. The van der Waals surface area contributed by atoms with Crippen LogP contribution in [0.1, 0.15) is 45.9 Å². The predicted molar refractivity (Wildman–Crippen MR) is 97.8 cm³/mol. The van der Waals surface area contributed by atoms with E-state index in [-0.39, 0.29) is 5.60 Å². The zero-order valence-corrected chi connectivity index (χ0v) is 15.5. The Morgan fingerprint density at radius 2 is 1.96 bits per heavy atom. The molecule has 0 saturated carbocycles. The minimum atomic E-state index is -0.117. The van der Waals surface area contributed by atoms with E-state index in [9.17, 15) is 5.26 Å². The number of piperazine rings is 1. The second-order valence-electron chi connectivity index (χ2n) is 7.46. The molecule has 1 aliphatic rings. The Hall–Kier alpha value is -1.90. The van der Waals surface area contributed by atoms with Gasteiger partial charge in [-0.15, -0.1) is 0 Å². The molecular formula is C19H28N4O. The van der Waals surface area contributed by atoms with Crippen molar-refractivity contribution in [3.05, 3.63) is 29.1 Å². The van der Waals surface area contributed by atoms with Crippen molar-refractivity contribution in [2.45, 2.75) is 40.2 Å². The molecule has 1 fully saturated rings. The predicted octanol–water partition coefficient (Wildman–Crippen LogP) is 3.27. The maximum Gasteiger partial charge on any atom is 0.163 e. The summed E-state index contributed by atoms with van der Waals surface area (Å²) in [5.74, 6) is 0. The quantitative estimate of drug-likeness (QED) is 0.849. The molecule has 0 amide bonds. The first-order chi connectivity index (χ1) is 11.3. The molecule has 24 heavy (non-hydrogen) atoms. The van der Waals surface area contributed by atoms with Crippen molar-refractivity contribution in [1.29, 1.82) is 5.26 Å². The topological polar surface area (TPSA) is 52.4 Å². The molecule has 0 spiro atoms. The van der Waals surface area contributed by atoms with Gasteiger partial charge in [0.1, 0.15) is 6.07 Å². The van der Waals surface area contributed by atoms with Gasteiger partial charge in [-0.25, -0.2) is 4.98 Å². The largest absolute Gasteiger partial charge is 0.367 e. The lowest BCUT2D eigenvalue weighted by atomic mass is 10.1. The maximum absolute atomic E-state index is 9.36. The molecule has 130 valence electrons. The molecule has 1 aromatic heterocycles. The lowest BCUT2D eigenvalue weighted by Gasteiger charge is -2.37. The van der Waals surface area contributed by atoms with Crippen LogP contribution < -0.4 is 4.90 Å². The van der Waals surface area contributed by atoms with Crippen LogP contribution in [-0.2, 0) is 4.74 Å². The van der Waals surface area contributed by atoms with Crippen molar-refractivity contribution in [2.24, 2.45) is 0 Å². The van der Waals surface area contributed by atoms with Gasteiger partial charge in [-0.05, 0) is 46.2 Å². The van der Waals surface area contributed by atoms with Crippen LogP contribution in [0.3, 0.4) is 0 Å². The third kappa shape index (κ3) is 5.33. The zero-order valence-electron chi connectivity index (χ0n) is 15.5. The minimum absolute atomic E-state index is 0.117. The third-order valence-electron chi connectivity index (χ3n) is 3.84. The highest BCUT2D eigenvalue weighted by molar-refractivity contribution is 5.63. The Bertz CT molecular complexity index is 628. The number of nitrogens with zero attached hydrogens (tertiary/aromatic N) is 4. The van der Waals surface area contributed by atoms with Gasteiger partial charge in [0.2, 0.25) is 0 Å². The summed E-state index contributed by atoms with van der Waals surface area (Å²) < 4.78 is 5.85. The average Bonchev–Trinajstić information content (AvgIpc) is 2.52. The first kappa shape index (κ1) is 18.4. The fraction of sp³-hybridized carbons (Fsp3) is 0.579. The van der Waals surface area contributed by atoms with Gasteiger partial charge in [0.05, 0.1) is 18.0 Å².